The molecule has 0 aromatic carbocycles. The van der Waals surface area contributed by atoms with Gasteiger partial charge in [0, 0.05) is 13.1 Å². The van der Waals surface area contributed by atoms with Gasteiger partial charge in [0.15, 0.2) is 0 Å². The Morgan fingerprint density at radius 3 is 2.73 bits per heavy atom. The Kier molecular flexibility index (Phi) is 3.16. The summed E-state index contributed by atoms with van der Waals surface area (Å²) in [6, 6.07) is -0.446. The molecule has 4 heteroatoms. The van der Waals surface area contributed by atoms with Crippen molar-refractivity contribution in [3.05, 3.63) is 0 Å². The van der Waals surface area contributed by atoms with Gasteiger partial charge in [-0.25, -0.2) is 4.79 Å². The normalized spacial score (nSPS) is 16.4. The van der Waals surface area contributed by atoms with Gasteiger partial charge in [-0.2, -0.15) is 0 Å². The largest absolute Gasteiger partial charge is 0.352 e. The molecule has 0 saturated heterocycles. The smallest absolute Gasteiger partial charge is 0.312 e. The topological polar surface area (TPSA) is 67.2 Å². The zero-order chi connectivity index (χ0) is 8.10. The van der Waals surface area contributed by atoms with E-state index >= 15 is 0 Å². The Hall–Kier alpha value is -0.770. The SMILES string of the molecule is NC(=O)NCCNCC1CC1. The first-order chi connectivity index (χ1) is 5.29. The highest BCUT2D eigenvalue weighted by atomic mass is 16.2. The van der Waals surface area contributed by atoms with Crippen molar-refractivity contribution in [1.29, 1.82) is 0 Å². The Bertz CT molecular complexity index is 134. The zero-order valence-electron chi connectivity index (χ0n) is 6.60. The summed E-state index contributed by atoms with van der Waals surface area (Å²) in [6.07, 6.45) is 2.71. The lowest BCUT2D eigenvalue weighted by molar-refractivity contribution is 0.249. The highest BCUT2D eigenvalue weighted by Gasteiger charge is 2.19. The van der Waals surface area contributed by atoms with Crippen molar-refractivity contribution >= 4 is 6.03 Å². The van der Waals surface area contributed by atoms with Gasteiger partial charge in [-0.1, -0.05) is 0 Å². The minimum Gasteiger partial charge on any atom is -0.352 e. The minimum atomic E-state index is -0.446. The quantitative estimate of drug-likeness (QED) is 0.478. The molecule has 1 fully saturated rings. The molecule has 2 amide bonds. The van der Waals surface area contributed by atoms with Crippen LogP contribution < -0.4 is 16.4 Å². The lowest BCUT2D eigenvalue weighted by atomic mass is 10.4. The first-order valence-electron chi connectivity index (χ1n) is 4.03. The highest BCUT2D eigenvalue weighted by Crippen LogP contribution is 2.27. The maximum atomic E-state index is 10.2. The van der Waals surface area contributed by atoms with E-state index < -0.39 is 6.03 Å². The van der Waals surface area contributed by atoms with Gasteiger partial charge in [0.25, 0.3) is 0 Å². The molecular formula is C7H15N3O. The number of rotatable bonds is 5. The standard InChI is InChI=1S/C7H15N3O/c8-7(11)10-4-3-9-5-6-1-2-6/h6,9H,1-5H2,(H3,8,10,11). The summed E-state index contributed by atoms with van der Waals surface area (Å²) in [6.45, 7) is 2.53. The van der Waals surface area contributed by atoms with Crippen LogP contribution in [-0.2, 0) is 0 Å². The molecule has 0 heterocycles. The summed E-state index contributed by atoms with van der Waals surface area (Å²) in [7, 11) is 0. The van der Waals surface area contributed by atoms with Crippen LogP contribution in [0.1, 0.15) is 12.8 Å². The van der Waals surface area contributed by atoms with Gasteiger partial charge >= 0.3 is 6.03 Å². The molecule has 0 atom stereocenters. The first-order valence-corrected chi connectivity index (χ1v) is 4.03. The number of carbonyl (C=O) groups is 1. The molecule has 0 aromatic rings. The number of primary amides is 1. The zero-order valence-corrected chi connectivity index (χ0v) is 6.60. The van der Waals surface area contributed by atoms with Crippen molar-refractivity contribution in [3.63, 3.8) is 0 Å². The van der Waals surface area contributed by atoms with Gasteiger partial charge in [0.05, 0.1) is 0 Å². The van der Waals surface area contributed by atoms with Gasteiger partial charge in [-0.05, 0) is 25.3 Å². The Morgan fingerprint density at radius 2 is 2.18 bits per heavy atom. The third-order valence-corrected chi connectivity index (χ3v) is 1.73. The van der Waals surface area contributed by atoms with E-state index in [4.69, 9.17) is 5.73 Å². The molecule has 11 heavy (non-hydrogen) atoms. The molecular weight excluding hydrogens is 142 g/mol. The van der Waals surface area contributed by atoms with Crippen LogP contribution in [0, 0.1) is 5.92 Å². The molecule has 0 spiro atoms. The fourth-order valence-corrected chi connectivity index (χ4v) is 0.902. The second-order valence-corrected chi connectivity index (χ2v) is 2.94. The number of carbonyl (C=O) groups excluding carboxylic acids is 1. The second-order valence-electron chi connectivity index (χ2n) is 2.94. The van der Waals surface area contributed by atoms with E-state index in [1.54, 1.807) is 0 Å². The van der Waals surface area contributed by atoms with Crippen molar-refractivity contribution in [2.75, 3.05) is 19.6 Å². The van der Waals surface area contributed by atoms with Crippen molar-refractivity contribution in [2.45, 2.75) is 12.8 Å². The molecule has 4 nitrogen and oxygen atoms in total. The van der Waals surface area contributed by atoms with E-state index in [0.717, 1.165) is 19.0 Å². The number of amides is 2. The first kappa shape index (κ1) is 8.33. The van der Waals surface area contributed by atoms with Crippen LogP contribution in [0.2, 0.25) is 0 Å². The molecule has 0 bridgehead atoms. The van der Waals surface area contributed by atoms with Gasteiger partial charge in [0.1, 0.15) is 0 Å². The van der Waals surface area contributed by atoms with Crippen LogP contribution in [0.25, 0.3) is 0 Å². The lowest BCUT2D eigenvalue weighted by Gasteiger charge is -2.02. The third kappa shape index (κ3) is 4.61. The van der Waals surface area contributed by atoms with E-state index in [0.29, 0.717) is 6.54 Å². The number of hydrogen-bond acceptors (Lipinski definition) is 2. The highest BCUT2D eigenvalue weighted by molar-refractivity contribution is 5.71. The van der Waals surface area contributed by atoms with E-state index in [2.05, 4.69) is 10.6 Å². The van der Waals surface area contributed by atoms with E-state index in [9.17, 15) is 4.79 Å². The molecule has 1 rings (SSSR count). The summed E-state index contributed by atoms with van der Waals surface area (Å²) in [5.74, 6) is 0.892. The van der Waals surface area contributed by atoms with Crippen molar-refractivity contribution < 1.29 is 4.79 Å². The van der Waals surface area contributed by atoms with Crippen molar-refractivity contribution in [2.24, 2.45) is 11.7 Å². The van der Waals surface area contributed by atoms with Crippen LogP contribution >= 0.6 is 0 Å². The molecule has 1 aliphatic rings. The average Bonchev–Trinajstić information content (AvgIpc) is 2.70. The Labute approximate surface area is 66.5 Å². The number of nitrogens with two attached hydrogens (primary N) is 1. The average molecular weight is 157 g/mol. The molecule has 4 N–H and O–H groups in total. The molecule has 1 saturated carbocycles. The minimum absolute atomic E-state index is 0.446. The van der Waals surface area contributed by atoms with E-state index in [-0.39, 0.29) is 0 Å². The van der Waals surface area contributed by atoms with Crippen LogP contribution in [0.3, 0.4) is 0 Å². The fourth-order valence-electron chi connectivity index (χ4n) is 0.902. The van der Waals surface area contributed by atoms with Crippen LogP contribution in [0.5, 0.6) is 0 Å². The lowest BCUT2D eigenvalue weighted by Crippen LogP contribution is -2.35. The predicted molar refractivity (Wildman–Crippen MR) is 43.2 cm³/mol. The van der Waals surface area contributed by atoms with E-state index in [1.807, 2.05) is 0 Å². The monoisotopic (exact) mass is 157 g/mol. The number of nitrogens with one attached hydrogen (secondary N) is 2. The molecule has 0 aromatic heterocycles. The fraction of sp³-hybridized carbons (Fsp3) is 0.857. The molecule has 0 radical (unpaired) electrons. The predicted octanol–water partition coefficient (Wildman–Crippen LogP) is -0.346. The van der Waals surface area contributed by atoms with Crippen LogP contribution in [-0.4, -0.2) is 25.7 Å². The maximum absolute atomic E-state index is 10.2. The summed E-state index contributed by atoms with van der Waals surface area (Å²) in [5.41, 5.74) is 4.87. The van der Waals surface area contributed by atoms with Crippen molar-refractivity contribution in [1.82, 2.24) is 10.6 Å². The molecule has 64 valence electrons. The molecule has 0 unspecified atom stereocenters. The van der Waals surface area contributed by atoms with Gasteiger partial charge in [0.2, 0.25) is 0 Å². The summed E-state index contributed by atoms with van der Waals surface area (Å²) >= 11 is 0. The Balaban J connectivity index is 1.76. The summed E-state index contributed by atoms with van der Waals surface area (Å²) in [4.78, 5) is 10.2. The van der Waals surface area contributed by atoms with Crippen LogP contribution in [0.15, 0.2) is 0 Å². The Morgan fingerprint density at radius 1 is 1.45 bits per heavy atom. The van der Waals surface area contributed by atoms with Crippen LogP contribution in [0.4, 0.5) is 4.79 Å². The van der Waals surface area contributed by atoms with Gasteiger partial charge in [-0.15, -0.1) is 0 Å². The summed E-state index contributed by atoms with van der Waals surface area (Å²) in [5, 5.41) is 5.75. The maximum Gasteiger partial charge on any atom is 0.312 e. The number of urea groups is 1. The summed E-state index contributed by atoms with van der Waals surface area (Å²) < 4.78 is 0. The molecule has 1 aliphatic carbocycles. The second kappa shape index (κ2) is 4.18. The van der Waals surface area contributed by atoms with E-state index in [1.165, 1.54) is 12.8 Å². The third-order valence-electron chi connectivity index (χ3n) is 1.73. The van der Waals surface area contributed by atoms with Gasteiger partial charge < -0.3 is 16.4 Å². The van der Waals surface area contributed by atoms with Crippen molar-refractivity contribution in [3.8, 4) is 0 Å². The molecule has 0 aliphatic heterocycles. The number of hydrogen-bond donors (Lipinski definition) is 3. The van der Waals surface area contributed by atoms with Gasteiger partial charge in [-0.3, -0.25) is 0 Å².